The number of halogens is 1. The smallest absolute Gasteiger partial charge is 0.136 e. The highest BCUT2D eigenvalue weighted by Gasteiger charge is 2.04. The van der Waals surface area contributed by atoms with E-state index in [1.807, 2.05) is 6.07 Å². The number of benzene rings is 2. The number of aromatic nitrogens is 1. The summed E-state index contributed by atoms with van der Waals surface area (Å²) in [5, 5.41) is 29.5. The molecular formula is C17H12ClNO3. The van der Waals surface area contributed by atoms with Gasteiger partial charge in [-0.05, 0) is 35.9 Å². The highest BCUT2D eigenvalue weighted by atomic mass is 35.5. The third kappa shape index (κ3) is 2.97. The molecule has 0 saturated carbocycles. The zero-order valence-electron chi connectivity index (χ0n) is 11.4. The minimum atomic E-state index is -0.0159. The maximum Gasteiger partial charge on any atom is 0.136 e. The Labute approximate surface area is 131 Å². The van der Waals surface area contributed by atoms with Crippen LogP contribution in [0, 0.1) is 0 Å². The number of phenols is 3. The highest BCUT2D eigenvalue weighted by molar-refractivity contribution is 6.31. The second kappa shape index (κ2) is 5.58. The normalized spacial score (nSPS) is 11.3. The fourth-order valence-electron chi connectivity index (χ4n) is 2.17. The maximum absolute atomic E-state index is 9.46. The van der Waals surface area contributed by atoms with E-state index in [1.54, 1.807) is 30.4 Å². The second-order valence-corrected chi connectivity index (χ2v) is 5.22. The largest absolute Gasteiger partial charge is 0.508 e. The van der Waals surface area contributed by atoms with Gasteiger partial charge in [0.15, 0.2) is 0 Å². The molecule has 5 heteroatoms. The number of fused-ring (bicyclic) bond motifs is 1. The van der Waals surface area contributed by atoms with Crippen molar-refractivity contribution in [3.05, 3.63) is 58.7 Å². The predicted octanol–water partition coefficient (Wildman–Crippen LogP) is 4.18. The summed E-state index contributed by atoms with van der Waals surface area (Å²) < 4.78 is 0. The van der Waals surface area contributed by atoms with Gasteiger partial charge >= 0.3 is 0 Å². The van der Waals surface area contributed by atoms with E-state index in [2.05, 4.69) is 4.98 Å². The van der Waals surface area contributed by atoms with Crippen LogP contribution in [0.3, 0.4) is 0 Å². The molecule has 0 bridgehead atoms. The molecule has 0 fully saturated rings. The zero-order chi connectivity index (χ0) is 15.7. The van der Waals surface area contributed by atoms with Crippen molar-refractivity contribution in [3.8, 4) is 17.2 Å². The van der Waals surface area contributed by atoms with Crippen molar-refractivity contribution in [2.24, 2.45) is 0 Å². The Morgan fingerprint density at radius 2 is 1.55 bits per heavy atom. The van der Waals surface area contributed by atoms with Crippen LogP contribution in [-0.2, 0) is 0 Å². The van der Waals surface area contributed by atoms with Crippen LogP contribution in [0.5, 0.6) is 17.2 Å². The van der Waals surface area contributed by atoms with Crippen LogP contribution < -0.4 is 0 Å². The first-order chi connectivity index (χ1) is 10.5. The Morgan fingerprint density at radius 1 is 0.818 bits per heavy atom. The average Bonchev–Trinajstić information content (AvgIpc) is 2.44. The van der Waals surface area contributed by atoms with Crippen LogP contribution in [0.15, 0.2) is 42.5 Å². The van der Waals surface area contributed by atoms with Crippen LogP contribution in [0.25, 0.3) is 23.1 Å². The topological polar surface area (TPSA) is 73.6 Å². The lowest BCUT2D eigenvalue weighted by Crippen LogP contribution is -1.84. The van der Waals surface area contributed by atoms with Gasteiger partial charge in [-0.15, -0.1) is 0 Å². The molecule has 1 aromatic heterocycles. The lowest BCUT2D eigenvalue weighted by atomic mass is 10.1. The molecule has 110 valence electrons. The molecule has 0 radical (unpaired) electrons. The van der Waals surface area contributed by atoms with Crippen LogP contribution in [0.2, 0.25) is 5.15 Å². The molecule has 22 heavy (non-hydrogen) atoms. The second-order valence-electron chi connectivity index (χ2n) is 4.86. The van der Waals surface area contributed by atoms with E-state index in [0.717, 1.165) is 5.39 Å². The van der Waals surface area contributed by atoms with Gasteiger partial charge in [-0.25, -0.2) is 4.98 Å². The first-order valence-electron chi connectivity index (χ1n) is 6.52. The summed E-state index contributed by atoms with van der Waals surface area (Å²) in [6.45, 7) is 0. The van der Waals surface area contributed by atoms with Crippen molar-refractivity contribution in [3.63, 3.8) is 0 Å². The fraction of sp³-hybridized carbons (Fsp3) is 0. The van der Waals surface area contributed by atoms with E-state index in [-0.39, 0.29) is 17.2 Å². The van der Waals surface area contributed by atoms with Crippen LogP contribution >= 0.6 is 11.6 Å². The van der Waals surface area contributed by atoms with Crippen LogP contribution in [0.4, 0.5) is 0 Å². The van der Waals surface area contributed by atoms with Crippen molar-refractivity contribution in [2.75, 3.05) is 0 Å². The summed E-state index contributed by atoms with van der Waals surface area (Å²) >= 11 is 6.14. The first kappa shape index (κ1) is 14.2. The van der Waals surface area contributed by atoms with E-state index in [1.165, 1.54) is 18.2 Å². The summed E-state index contributed by atoms with van der Waals surface area (Å²) in [5.41, 5.74) is 1.94. The summed E-state index contributed by atoms with van der Waals surface area (Å²) in [6, 6.07) is 11.0. The van der Waals surface area contributed by atoms with Gasteiger partial charge in [-0.2, -0.15) is 0 Å². The maximum atomic E-state index is 9.46. The van der Waals surface area contributed by atoms with Gasteiger partial charge in [0.2, 0.25) is 0 Å². The number of aromatic hydroxyl groups is 3. The predicted molar refractivity (Wildman–Crippen MR) is 87.1 cm³/mol. The summed E-state index contributed by atoms with van der Waals surface area (Å²) in [4.78, 5) is 4.24. The third-order valence-corrected chi connectivity index (χ3v) is 3.46. The SMILES string of the molecule is Oc1cc(O)cc(/C=C/c2cc3ccc(O)cc3nc2Cl)c1. The van der Waals surface area contributed by atoms with Gasteiger partial charge in [-0.1, -0.05) is 23.8 Å². The molecule has 3 aromatic rings. The van der Waals surface area contributed by atoms with Crippen molar-refractivity contribution in [1.82, 2.24) is 4.98 Å². The Morgan fingerprint density at radius 3 is 2.27 bits per heavy atom. The molecule has 0 amide bonds. The van der Waals surface area contributed by atoms with Crippen molar-refractivity contribution in [2.45, 2.75) is 0 Å². The Balaban J connectivity index is 2.01. The van der Waals surface area contributed by atoms with Gasteiger partial charge in [0, 0.05) is 23.1 Å². The number of phenolic OH excluding ortho intramolecular Hbond substituents is 3. The van der Waals surface area contributed by atoms with Crippen LogP contribution in [0.1, 0.15) is 11.1 Å². The quantitative estimate of drug-likeness (QED) is 0.621. The van der Waals surface area contributed by atoms with E-state index < -0.39 is 0 Å². The standard InChI is InChI=1S/C17H12ClNO3/c18-17-12(2-1-10-5-14(21)8-15(22)6-10)7-11-3-4-13(20)9-16(11)19-17/h1-9,20-22H/b2-1+. The summed E-state index contributed by atoms with van der Waals surface area (Å²) in [7, 11) is 0. The molecule has 0 atom stereocenters. The number of pyridine rings is 1. The highest BCUT2D eigenvalue weighted by Crippen LogP contribution is 2.26. The third-order valence-electron chi connectivity index (χ3n) is 3.16. The number of hydrogen-bond donors (Lipinski definition) is 3. The lowest BCUT2D eigenvalue weighted by molar-refractivity contribution is 0.450. The van der Waals surface area contributed by atoms with E-state index in [9.17, 15) is 15.3 Å². The van der Waals surface area contributed by atoms with Gasteiger partial charge < -0.3 is 15.3 Å². The van der Waals surface area contributed by atoms with Gasteiger partial charge in [0.25, 0.3) is 0 Å². The number of hydrogen-bond acceptors (Lipinski definition) is 4. The number of nitrogens with zero attached hydrogens (tertiary/aromatic N) is 1. The van der Waals surface area contributed by atoms with Crippen LogP contribution in [-0.4, -0.2) is 20.3 Å². The monoisotopic (exact) mass is 313 g/mol. The Kier molecular flexibility index (Phi) is 3.61. The molecule has 0 aliphatic heterocycles. The Bertz CT molecular complexity index is 870. The first-order valence-corrected chi connectivity index (χ1v) is 6.89. The fourth-order valence-corrected chi connectivity index (χ4v) is 2.37. The molecule has 0 saturated heterocycles. The summed E-state index contributed by atoms with van der Waals surface area (Å²) in [6.07, 6.45) is 3.46. The average molecular weight is 314 g/mol. The molecule has 3 rings (SSSR count). The van der Waals surface area contributed by atoms with Crippen molar-refractivity contribution < 1.29 is 15.3 Å². The molecule has 0 unspecified atom stereocenters. The molecule has 0 aliphatic rings. The van der Waals surface area contributed by atoms with E-state index >= 15 is 0 Å². The van der Waals surface area contributed by atoms with Crippen molar-refractivity contribution >= 4 is 34.7 Å². The molecule has 4 nitrogen and oxygen atoms in total. The summed E-state index contributed by atoms with van der Waals surface area (Å²) in [5.74, 6) is 0.102. The van der Waals surface area contributed by atoms with Gasteiger partial charge in [0.05, 0.1) is 5.52 Å². The zero-order valence-corrected chi connectivity index (χ0v) is 12.1. The Hall–Kier alpha value is -2.72. The number of rotatable bonds is 2. The van der Waals surface area contributed by atoms with E-state index in [4.69, 9.17) is 11.6 Å². The molecule has 0 aliphatic carbocycles. The van der Waals surface area contributed by atoms with Crippen molar-refractivity contribution in [1.29, 1.82) is 0 Å². The molecule has 0 spiro atoms. The van der Waals surface area contributed by atoms with Gasteiger partial charge in [-0.3, -0.25) is 0 Å². The minimum absolute atomic E-state index is 0.0159. The molecule has 1 heterocycles. The molecular weight excluding hydrogens is 302 g/mol. The molecule has 2 aromatic carbocycles. The molecule has 3 N–H and O–H groups in total. The van der Waals surface area contributed by atoms with Gasteiger partial charge in [0.1, 0.15) is 22.4 Å². The lowest BCUT2D eigenvalue weighted by Gasteiger charge is -2.03. The van der Waals surface area contributed by atoms with E-state index in [0.29, 0.717) is 21.8 Å². The minimum Gasteiger partial charge on any atom is -0.508 e.